The van der Waals surface area contributed by atoms with Gasteiger partial charge in [0.2, 0.25) is 0 Å². The standard InChI is InChI=1S/C14H14N2O4S/c1-15-12(14(17)18)6-7-13(15)21(19,20)16-9-8-10-4-2-3-5-11(10)16/h2-7H,8-9H2,1H3,(H,17,18). The van der Waals surface area contributed by atoms with Crippen molar-refractivity contribution in [1.29, 1.82) is 0 Å². The van der Waals surface area contributed by atoms with Gasteiger partial charge in [0.15, 0.2) is 5.03 Å². The number of para-hydroxylation sites is 1. The van der Waals surface area contributed by atoms with Gasteiger partial charge in [-0.2, -0.15) is 8.42 Å². The average molecular weight is 306 g/mol. The summed E-state index contributed by atoms with van der Waals surface area (Å²) in [5.74, 6) is -1.15. The molecule has 3 rings (SSSR count). The van der Waals surface area contributed by atoms with Crippen LogP contribution in [-0.4, -0.2) is 30.6 Å². The number of fused-ring (bicyclic) bond motifs is 1. The highest BCUT2D eigenvalue weighted by atomic mass is 32.2. The van der Waals surface area contributed by atoms with Crippen LogP contribution in [-0.2, 0) is 23.5 Å². The fourth-order valence-corrected chi connectivity index (χ4v) is 4.32. The maximum absolute atomic E-state index is 12.8. The van der Waals surface area contributed by atoms with Crippen LogP contribution < -0.4 is 4.31 Å². The molecule has 1 aliphatic rings. The molecule has 6 nitrogen and oxygen atoms in total. The second-order valence-corrected chi connectivity index (χ2v) is 6.69. The van der Waals surface area contributed by atoms with Crippen LogP contribution in [0.3, 0.4) is 0 Å². The number of aromatic carboxylic acids is 1. The summed E-state index contributed by atoms with van der Waals surface area (Å²) in [5, 5.41) is 9.02. The van der Waals surface area contributed by atoms with Crippen LogP contribution in [0, 0.1) is 0 Å². The molecular formula is C14H14N2O4S. The van der Waals surface area contributed by atoms with E-state index >= 15 is 0 Å². The van der Waals surface area contributed by atoms with E-state index in [0.29, 0.717) is 18.7 Å². The molecule has 2 aromatic rings. The second-order valence-electron chi connectivity index (χ2n) is 4.88. The normalized spacial score (nSPS) is 14.2. The van der Waals surface area contributed by atoms with E-state index in [-0.39, 0.29) is 10.7 Å². The summed E-state index contributed by atoms with van der Waals surface area (Å²) in [7, 11) is -2.32. The van der Waals surface area contributed by atoms with Gasteiger partial charge < -0.3 is 9.67 Å². The molecule has 1 N–H and O–H groups in total. The molecule has 2 heterocycles. The van der Waals surface area contributed by atoms with Gasteiger partial charge in [-0.05, 0) is 30.2 Å². The third kappa shape index (κ3) is 2.01. The number of hydrogen-bond acceptors (Lipinski definition) is 3. The number of rotatable bonds is 3. The third-order valence-corrected chi connectivity index (χ3v) is 5.59. The van der Waals surface area contributed by atoms with E-state index in [4.69, 9.17) is 5.11 Å². The monoisotopic (exact) mass is 306 g/mol. The second kappa shape index (κ2) is 4.63. The Morgan fingerprint density at radius 1 is 1.19 bits per heavy atom. The smallest absolute Gasteiger partial charge is 0.352 e. The lowest BCUT2D eigenvalue weighted by Crippen LogP contribution is -2.30. The van der Waals surface area contributed by atoms with Crippen molar-refractivity contribution in [3.05, 3.63) is 47.7 Å². The minimum absolute atomic E-state index is 0.0170. The average Bonchev–Trinajstić information content (AvgIpc) is 3.02. The first-order chi connectivity index (χ1) is 9.93. The van der Waals surface area contributed by atoms with Gasteiger partial charge in [-0.25, -0.2) is 4.79 Å². The van der Waals surface area contributed by atoms with E-state index in [2.05, 4.69) is 0 Å². The Kier molecular flexibility index (Phi) is 3.02. The molecule has 7 heteroatoms. The molecule has 0 radical (unpaired) electrons. The quantitative estimate of drug-likeness (QED) is 0.931. The van der Waals surface area contributed by atoms with Crippen LogP contribution >= 0.6 is 0 Å². The summed E-state index contributed by atoms with van der Waals surface area (Å²) in [6, 6.07) is 9.97. The molecule has 0 bridgehead atoms. The van der Waals surface area contributed by atoms with Crippen molar-refractivity contribution in [1.82, 2.24) is 4.57 Å². The molecule has 110 valence electrons. The maximum Gasteiger partial charge on any atom is 0.352 e. The minimum Gasteiger partial charge on any atom is -0.477 e. The highest BCUT2D eigenvalue weighted by Crippen LogP contribution is 2.32. The number of anilines is 1. The zero-order valence-electron chi connectivity index (χ0n) is 11.4. The van der Waals surface area contributed by atoms with Gasteiger partial charge in [-0.3, -0.25) is 4.31 Å². The van der Waals surface area contributed by atoms with Crippen molar-refractivity contribution < 1.29 is 18.3 Å². The Morgan fingerprint density at radius 3 is 2.57 bits per heavy atom. The van der Waals surface area contributed by atoms with Gasteiger partial charge in [0.05, 0.1) is 5.69 Å². The third-order valence-electron chi connectivity index (χ3n) is 3.69. The Bertz CT molecular complexity index is 823. The summed E-state index contributed by atoms with van der Waals surface area (Å²) in [5.41, 5.74) is 1.59. The molecule has 0 aliphatic carbocycles. The van der Waals surface area contributed by atoms with E-state index in [1.807, 2.05) is 12.1 Å². The highest BCUT2D eigenvalue weighted by Gasteiger charge is 2.33. The summed E-state index contributed by atoms with van der Waals surface area (Å²) in [6.45, 7) is 0.370. The fourth-order valence-electron chi connectivity index (χ4n) is 2.64. The van der Waals surface area contributed by atoms with Gasteiger partial charge in [0, 0.05) is 13.6 Å². The lowest BCUT2D eigenvalue weighted by atomic mass is 10.2. The predicted octanol–water partition coefficient (Wildman–Crippen LogP) is 1.47. The number of carbonyl (C=O) groups is 1. The summed E-state index contributed by atoms with van der Waals surface area (Å²) in [4.78, 5) is 11.1. The van der Waals surface area contributed by atoms with Crippen molar-refractivity contribution in [3.63, 3.8) is 0 Å². The highest BCUT2D eigenvalue weighted by molar-refractivity contribution is 7.92. The molecule has 1 aromatic heterocycles. The Labute approximate surface area is 122 Å². The number of hydrogen-bond donors (Lipinski definition) is 1. The molecule has 0 amide bonds. The van der Waals surface area contributed by atoms with Crippen molar-refractivity contribution in [2.24, 2.45) is 7.05 Å². The van der Waals surface area contributed by atoms with Crippen LogP contribution in [0.5, 0.6) is 0 Å². The van der Waals surface area contributed by atoms with Crippen LogP contribution in [0.2, 0.25) is 0 Å². The van der Waals surface area contributed by atoms with E-state index in [1.165, 1.54) is 28.1 Å². The van der Waals surface area contributed by atoms with Gasteiger partial charge in [-0.1, -0.05) is 18.2 Å². The first kappa shape index (κ1) is 13.7. The molecule has 0 atom stereocenters. The van der Waals surface area contributed by atoms with Crippen molar-refractivity contribution >= 4 is 21.7 Å². The maximum atomic E-state index is 12.8. The topological polar surface area (TPSA) is 79.6 Å². The minimum atomic E-state index is -3.76. The van der Waals surface area contributed by atoms with Crippen molar-refractivity contribution in [3.8, 4) is 0 Å². The largest absolute Gasteiger partial charge is 0.477 e. The van der Waals surface area contributed by atoms with Gasteiger partial charge in [0.1, 0.15) is 5.69 Å². The lowest BCUT2D eigenvalue weighted by molar-refractivity contribution is 0.0685. The fraction of sp³-hybridized carbons (Fsp3) is 0.214. The number of benzene rings is 1. The molecular weight excluding hydrogens is 292 g/mol. The number of nitrogens with zero attached hydrogens (tertiary/aromatic N) is 2. The first-order valence-corrected chi connectivity index (χ1v) is 7.86. The van der Waals surface area contributed by atoms with Crippen LogP contribution in [0.4, 0.5) is 5.69 Å². The molecule has 1 aliphatic heterocycles. The molecule has 0 saturated carbocycles. The molecule has 0 spiro atoms. The zero-order chi connectivity index (χ0) is 15.2. The van der Waals surface area contributed by atoms with Crippen molar-refractivity contribution in [2.45, 2.75) is 11.4 Å². The molecule has 0 saturated heterocycles. The summed E-state index contributed by atoms with van der Waals surface area (Å²) in [6.07, 6.45) is 0.658. The molecule has 1 aromatic carbocycles. The molecule has 0 fully saturated rings. The van der Waals surface area contributed by atoms with Crippen LogP contribution in [0.1, 0.15) is 16.1 Å². The van der Waals surface area contributed by atoms with Crippen LogP contribution in [0.15, 0.2) is 41.4 Å². The van der Waals surface area contributed by atoms with E-state index in [0.717, 1.165) is 5.56 Å². The van der Waals surface area contributed by atoms with Gasteiger partial charge in [-0.15, -0.1) is 0 Å². The predicted molar refractivity (Wildman–Crippen MR) is 77.1 cm³/mol. The summed E-state index contributed by atoms with van der Waals surface area (Å²) < 4.78 is 28.1. The Morgan fingerprint density at radius 2 is 1.90 bits per heavy atom. The number of sulfonamides is 1. The number of carboxylic acid groups (broad SMARTS) is 1. The Balaban J connectivity index is 2.09. The number of aromatic nitrogens is 1. The number of carboxylic acids is 1. The SMILES string of the molecule is Cn1c(C(=O)O)ccc1S(=O)(=O)N1CCc2ccccc21. The zero-order valence-corrected chi connectivity index (χ0v) is 12.2. The van der Waals surface area contributed by atoms with Gasteiger partial charge >= 0.3 is 5.97 Å². The first-order valence-electron chi connectivity index (χ1n) is 6.42. The molecule has 0 unspecified atom stereocenters. The lowest BCUT2D eigenvalue weighted by Gasteiger charge is -2.20. The van der Waals surface area contributed by atoms with E-state index < -0.39 is 16.0 Å². The van der Waals surface area contributed by atoms with Gasteiger partial charge in [0.25, 0.3) is 10.0 Å². The van der Waals surface area contributed by atoms with Crippen LogP contribution in [0.25, 0.3) is 0 Å². The molecule has 21 heavy (non-hydrogen) atoms. The van der Waals surface area contributed by atoms with E-state index in [9.17, 15) is 13.2 Å². The van der Waals surface area contributed by atoms with E-state index in [1.54, 1.807) is 12.1 Å². The Hall–Kier alpha value is -2.28. The summed E-state index contributed by atoms with van der Waals surface area (Å²) >= 11 is 0. The van der Waals surface area contributed by atoms with Crippen molar-refractivity contribution in [2.75, 3.05) is 10.8 Å².